The van der Waals surface area contributed by atoms with Crippen molar-refractivity contribution >= 4 is 99.2 Å². The highest BCUT2D eigenvalue weighted by molar-refractivity contribution is 6.32. The van der Waals surface area contributed by atoms with E-state index in [-0.39, 0.29) is 52.8 Å². The number of aromatic nitrogens is 8. The first-order chi connectivity index (χ1) is 58.4. The minimum Gasteiger partial charge on any atom is -0.481 e. The van der Waals surface area contributed by atoms with Crippen LogP contribution in [0.1, 0.15) is 196 Å². The van der Waals surface area contributed by atoms with Crippen LogP contribution in [0.2, 0.25) is 20.1 Å². The van der Waals surface area contributed by atoms with Crippen molar-refractivity contribution in [3.05, 3.63) is 274 Å². The number of carbonyl (C=O) groups is 5. The van der Waals surface area contributed by atoms with Crippen LogP contribution in [0, 0.1) is 45.5 Å². The van der Waals surface area contributed by atoms with Crippen molar-refractivity contribution in [2.75, 3.05) is 12.4 Å². The number of ether oxygens (including phenoxy) is 2. The minimum atomic E-state index is -2.53. The molecular formula is C88H82Cl4F3N15O13. The highest BCUT2D eigenvalue weighted by Crippen LogP contribution is 2.53. The van der Waals surface area contributed by atoms with E-state index < -0.39 is 95.2 Å². The number of anilines is 1. The number of amides is 3. The number of carboxylic acids is 1. The molecule has 16 rings (SSSR count). The van der Waals surface area contributed by atoms with Crippen LogP contribution in [0.25, 0.3) is 44.5 Å². The monoisotopic (exact) mass is 1750 g/mol. The number of esters is 1. The summed E-state index contributed by atoms with van der Waals surface area (Å²) in [5.74, 6) is -3.26. The third-order valence-electron chi connectivity index (χ3n) is 19.4. The summed E-state index contributed by atoms with van der Waals surface area (Å²) < 4.78 is 78.8. The number of primary amides is 2. The number of aliphatic imine (C=N–C) groups is 3. The molecule has 0 saturated carbocycles. The van der Waals surface area contributed by atoms with Crippen molar-refractivity contribution in [1.29, 1.82) is 0 Å². The predicted octanol–water partition coefficient (Wildman–Crippen LogP) is 18.4. The lowest BCUT2D eigenvalue weighted by Crippen LogP contribution is -2.54. The topological polar surface area (TPSA) is 404 Å². The van der Waals surface area contributed by atoms with Crippen LogP contribution in [0.3, 0.4) is 0 Å². The maximum atomic E-state index is 15.8. The lowest BCUT2D eigenvalue weighted by molar-refractivity contribution is -0.160. The van der Waals surface area contributed by atoms with Gasteiger partial charge in [-0.15, -0.1) is 0 Å². The quantitative estimate of drug-likeness (QED) is 0.0528. The number of aliphatic hydroxyl groups is 1. The fourth-order valence-electron chi connectivity index (χ4n) is 14.6. The van der Waals surface area contributed by atoms with Crippen LogP contribution in [-0.4, -0.2) is 121 Å². The Bertz CT molecular complexity index is 5950. The van der Waals surface area contributed by atoms with E-state index in [1.165, 1.54) is 48.9 Å². The van der Waals surface area contributed by atoms with Gasteiger partial charge in [-0.05, 0) is 142 Å². The number of aliphatic carboxylic acids is 1. The molecule has 123 heavy (non-hydrogen) atoms. The maximum Gasteiger partial charge on any atom is 0.413 e. The number of benzene rings is 4. The highest BCUT2D eigenvalue weighted by atomic mass is 35.5. The smallest absolute Gasteiger partial charge is 0.413 e. The number of carbonyl (C=O) groups excluding carboxylic acids is 4. The van der Waals surface area contributed by atoms with Gasteiger partial charge in [0.15, 0.2) is 23.0 Å². The Balaban J connectivity index is 0.000000150. The molecule has 4 aromatic carbocycles. The first-order valence-corrected chi connectivity index (χ1v) is 39.9. The number of carboxylic acid groups (broad SMARTS) is 1. The summed E-state index contributed by atoms with van der Waals surface area (Å²) >= 11 is 24.1. The number of aryl methyl sites for hydroxylation is 4. The van der Waals surface area contributed by atoms with E-state index in [1.807, 2.05) is 39.0 Å². The summed E-state index contributed by atoms with van der Waals surface area (Å²) in [6.45, 7) is 21.0. The van der Waals surface area contributed by atoms with Gasteiger partial charge in [0.1, 0.15) is 41.2 Å². The number of hydrogen-bond donors (Lipinski definition) is 5. The SMILES string of the molecule is CC.CNc1nccc2c1C(c1ccc(Cl)cc1)=N[C@@H](CC(N)=O)c1onc(C)c1-2.Cc1noc2c1-c1ccnc(F)c1C(O)(c1ccc(Cl)cc1)N(C(=O)OC(C)(C)C)[C@H]2CC(=O)OC(C)(C)C.Cc1noc2c1-c1ccnc(F)c1C(c1ccc(Cl)cc1)=N[C@H]2CC(=O)O.Cc1noc2c1-c1ccnc(F)c1C(c1ccc(Cl)cc1)=N[C@H]2CC(N)=O. The molecule has 0 spiro atoms. The maximum absolute atomic E-state index is 15.8. The van der Waals surface area contributed by atoms with E-state index in [1.54, 1.807) is 148 Å². The van der Waals surface area contributed by atoms with Crippen molar-refractivity contribution in [2.45, 2.75) is 150 Å². The summed E-state index contributed by atoms with van der Waals surface area (Å²) in [4.78, 5) is 92.7. The van der Waals surface area contributed by atoms with Gasteiger partial charge in [-0.25, -0.2) is 24.7 Å². The number of hydrogen-bond acceptors (Lipinski definition) is 24. The van der Waals surface area contributed by atoms with Gasteiger partial charge >= 0.3 is 18.0 Å². The third-order valence-corrected chi connectivity index (χ3v) is 20.5. The summed E-state index contributed by atoms with van der Waals surface area (Å²) in [6.07, 6.45) is 3.77. The zero-order valence-corrected chi connectivity index (χ0v) is 71.6. The molecule has 12 heterocycles. The Hall–Kier alpha value is -12.8. The number of nitrogens with one attached hydrogen (secondary N) is 1. The van der Waals surface area contributed by atoms with Gasteiger partial charge in [0, 0.05) is 96.4 Å². The van der Waals surface area contributed by atoms with E-state index in [9.17, 15) is 43.0 Å². The Morgan fingerprint density at radius 3 is 1.17 bits per heavy atom. The van der Waals surface area contributed by atoms with Gasteiger partial charge in [0.25, 0.3) is 0 Å². The Kier molecular flexibility index (Phi) is 26.8. The van der Waals surface area contributed by atoms with Gasteiger partial charge in [-0.3, -0.25) is 39.1 Å². The number of fused-ring (bicyclic) bond motifs is 12. The molecule has 7 N–H and O–H groups in total. The standard InChI is InChI=1S/C28H31ClFN3O6.C20H18ClN5O2.C19H14ClFN4O2.C19H13ClFN3O3.C2H6/c1-15-21-18-12-13-31-24(30)22(18)28(36,16-8-10-17(29)11-9-16)33(25(35)38-27(5,6)7)19(23(21)39-32-15)14-20(34)37-26(2,3)4;1-10-16-13-7-8-24-20(23-2)17(13)18(11-3-5-12(21)6-4-11)25-14(9-15(22)27)19(16)28-26-10;1-9-15-12-6-7-23-19(21)16(12)17(10-2-4-11(20)5-3-10)24-13(8-14(22)26)18(15)27-25-9;1-9-15-12-6-7-22-19(21)16(12)17(10-2-4-11(20)5-3-10)23-13(8-14(25)26)18(15)27-24-9;1-2/h8-13,19,36H,14H2,1-7H3;3-8,14H,9H2,1-2H3,(H2,22,27)(H,23,24);2-7,13H,8H2,1H3,(H2,22,26);2-7,13H,8H2,1H3,(H,25,26);1-2H3/t19-,28?;14-;2*13-;/m0000./s1. The zero-order valence-electron chi connectivity index (χ0n) is 68.5. The van der Waals surface area contributed by atoms with Crippen LogP contribution in [0.5, 0.6) is 0 Å². The summed E-state index contributed by atoms with van der Waals surface area (Å²) in [5.41, 5.74) is 17.5. The molecule has 636 valence electrons. The molecule has 0 aliphatic carbocycles. The number of nitrogens with zero attached hydrogens (tertiary/aromatic N) is 12. The van der Waals surface area contributed by atoms with E-state index in [0.717, 1.165) is 27.2 Å². The second-order valence-electron chi connectivity index (χ2n) is 30.2. The molecule has 35 heteroatoms. The molecule has 12 aromatic rings. The fourth-order valence-corrected chi connectivity index (χ4v) is 15.1. The molecule has 1 unspecified atom stereocenters. The van der Waals surface area contributed by atoms with Crippen LogP contribution >= 0.6 is 46.4 Å². The lowest BCUT2D eigenvalue weighted by atomic mass is 9.89. The van der Waals surface area contributed by atoms with Gasteiger partial charge in [-0.1, -0.05) is 129 Å². The summed E-state index contributed by atoms with van der Waals surface area (Å²) in [6, 6.07) is 30.1. The third kappa shape index (κ3) is 19.0. The second-order valence-corrected chi connectivity index (χ2v) is 32.0. The van der Waals surface area contributed by atoms with E-state index in [0.29, 0.717) is 122 Å². The first-order valence-electron chi connectivity index (χ1n) is 38.4. The average Bonchev–Trinajstić information content (AvgIpc) is 1.58. The fraction of sp³-hybridized carbons (Fsp3) is 0.273. The number of rotatable bonds is 13. The van der Waals surface area contributed by atoms with Gasteiger partial charge in [0.05, 0.1) is 110 Å². The molecule has 0 bridgehead atoms. The molecule has 0 saturated heterocycles. The molecule has 0 radical (unpaired) electrons. The van der Waals surface area contributed by atoms with Gasteiger partial charge in [-0.2, -0.15) is 13.2 Å². The molecular weight excluding hydrogens is 1670 g/mol. The van der Waals surface area contributed by atoms with Crippen molar-refractivity contribution in [2.24, 2.45) is 26.4 Å². The molecule has 4 aliphatic rings. The normalized spacial score (nSPS) is 16.4. The van der Waals surface area contributed by atoms with Crippen molar-refractivity contribution in [3.63, 3.8) is 0 Å². The number of nitrogens with two attached hydrogens (primary N) is 2. The average molecular weight is 1760 g/mol. The summed E-state index contributed by atoms with van der Waals surface area (Å²) in [7, 11) is 1.80. The second kappa shape index (κ2) is 36.9. The molecule has 4 aliphatic heterocycles. The Morgan fingerprint density at radius 2 is 0.797 bits per heavy atom. The lowest BCUT2D eigenvalue weighted by Gasteiger charge is -2.43. The van der Waals surface area contributed by atoms with Crippen LogP contribution in [0.15, 0.2) is 179 Å². The number of halogens is 7. The highest BCUT2D eigenvalue weighted by Gasteiger charge is 2.55. The Labute approximate surface area is 722 Å². The van der Waals surface area contributed by atoms with E-state index in [2.05, 4.69) is 55.9 Å². The van der Waals surface area contributed by atoms with Crippen molar-refractivity contribution in [3.8, 4) is 44.5 Å². The molecule has 3 amide bonds. The molecule has 28 nitrogen and oxygen atoms in total. The Morgan fingerprint density at radius 1 is 0.463 bits per heavy atom. The van der Waals surface area contributed by atoms with Crippen LogP contribution in [-0.2, 0) is 34.4 Å². The predicted molar refractivity (Wildman–Crippen MR) is 454 cm³/mol. The minimum absolute atomic E-state index is 0.00896. The number of pyridine rings is 4. The van der Waals surface area contributed by atoms with Gasteiger partial charge < -0.3 is 54.6 Å². The van der Waals surface area contributed by atoms with Crippen molar-refractivity contribution < 1.29 is 74.9 Å². The largest absolute Gasteiger partial charge is 0.481 e. The van der Waals surface area contributed by atoms with Gasteiger partial charge in [0.2, 0.25) is 35.4 Å². The van der Waals surface area contributed by atoms with Crippen molar-refractivity contribution in [1.82, 2.24) is 45.5 Å². The van der Waals surface area contributed by atoms with E-state index >= 15 is 4.39 Å². The zero-order chi connectivity index (χ0) is 89.0. The molecule has 8 aromatic heterocycles. The van der Waals surface area contributed by atoms with Crippen LogP contribution in [0.4, 0.5) is 23.8 Å². The van der Waals surface area contributed by atoms with E-state index in [4.69, 9.17) is 90.4 Å². The molecule has 5 atom stereocenters. The first kappa shape index (κ1) is 89.4. The molecule has 0 fully saturated rings. The summed E-state index contributed by atoms with van der Waals surface area (Å²) in [5, 5.41) is 43.2. The van der Waals surface area contributed by atoms with Crippen LogP contribution < -0.4 is 16.8 Å².